The minimum absolute atomic E-state index is 0.0429. The highest BCUT2D eigenvalue weighted by atomic mass is 16.6. The molecule has 8 nitrogen and oxygen atoms in total. The molecule has 5 saturated carbocycles. The van der Waals surface area contributed by atoms with Crippen molar-refractivity contribution in [3.63, 3.8) is 0 Å². The number of carbonyl (C=O) groups excluding carboxylic acids is 2. The zero-order valence-electron chi connectivity index (χ0n) is 22.7. The largest absolute Gasteiger partial charge is 0.377 e. The SMILES string of the molecule is CC(C)C1COCCOCCOC[C@H](C(C)C)NC(=O)CC23OC4(CC(=O)N1)C1C5CC(C6C5C4C62)C13. The van der Waals surface area contributed by atoms with E-state index < -0.39 is 0 Å². The molecule has 0 aromatic carbocycles. The van der Waals surface area contributed by atoms with Gasteiger partial charge < -0.3 is 29.6 Å². The van der Waals surface area contributed by atoms with Crippen LogP contribution in [0.25, 0.3) is 0 Å². The van der Waals surface area contributed by atoms with Crippen molar-refractivity contribution in [2.75, 3.05) is 39.6 Å². The molecular formula is C29H44N2O6. The quantitative estimate of drug-likeness (QED) is 0.583. The van der Waals surface area contributed by atoms with Gasteiger partial charge in [-0.2, -0.15) is 0 Å². The number of rotatable bonds is 2. The summed E-state index contributed by atoms with van der Waals surface area (Å²) >= 11 is 0. The van der Waals surface area contributed by atoms with Crippen LogP contribution in [0.2, 0.25) is 0 Å². The number of hydrogen-bond donors (Lipinski definition) is 2. The lowest BCUT2D eigenvalue weighted by atomic mass is 9.54. The van der Waals surface area contributed by atoms with Crippen molar-refractivity contribution in [2.45, 2.75) is 70.2 Å². The highest BCUT2D eigenvalue weighted by molar-refractivity contribution is 5.80. The van der Waals surface area contributed by atoms with Gasteiger partial charge in [-0.15, -0.1) is 0 Å². The number of carbonyl (C=O) groups is 2. The number of nitrogens with one attached hydrogen (secondary N) is 2. The van der Waals surface area contributed by atoms with Crippen LogP contribution in [0.4, 0.5) is 0 Å². The fraction of sp³-hybridized carbons (Fsp3) is 0.931. The van der Waals surface area contributed by atoms with Gasteiger partial charge in [-0.1, -0.05) is 27.7 Å². The van der Waals surface area contributed by atoms with E-state index in [0.29, 0.717) is 88.0 Å². The second-order valence-corrected chi connectivity index (χ2v) is 13.8. The van der Waals surface area contributed by atoms with E-state index in [0.717, 1.165) is 11.8 Å². The Morgan fingerprint density at radius 1 is 0.676 bits per heavy atom. The summed E-state index contributed by atoms with van der Waals surface area (Å²) in [6.45, 7) is 11.4. The van der Waals surface area contributed by atoms with E-state index in [9.17, 15) is 9.59 Å². The minimum Gasteiger partial charge on any atom is -0.377 e. The van der Waals surface area contributed by atoms with Crippen molar-refractivity contribution >= 4 is 11.8 Å². The molecule has 3 heterocycles. The summed E-state index contributed by atoms with van der Waals surface area (Å²) in [7, 11) is 0. The standard InChI is InChI=1S/C29H44N2O6/c1-14(2)18-12-35-7-5-34-6-8-36-13-19(15(3)4)31-21(33)11-29-25-17-9-16-22-23(17)27(29)26(22)28(37-29,24(16)25)10-20(32)30-18/h14-19,22-27H,5-13H2,1-4H3,(H,30,32)(H,31,33)/t16?,17?,18-,19?,22?,23?,24?,25?,26?,27?,28?,29?/m1/s1. The van der Waals surface area contributed by atoms with Crippen molar-refractivity contribution in [1.29, 1.82) is 0 Å². The van der Waals surface area contributed by atoms with Gasteiger partial charge in [0.2, 0.25) is 11.8 Å². The lowest BCUT2D eigenvalue weighted by Gasteiger charge is -2.47. The second-order valence-electron chi connectivity index (χ2n) is 13.8. The molecule has 8 heteroatoms. The predicted molar refractivity (Wildman–Crippen MR) is 134 cm³/mol. The summed E-state index contributed by atoms with van der Waals surface area (Å²) in [6, 6.07) is -0.0858. The molecule has 8 aliphatic rings. The van der Waals surface area contributed by atoms with Crippen LogP contribution in [-0.2, 0) is 28.5 Å². The molecule has 2 amide bonds. The zero-order chi connectivity index (χ0) is 25.7. The summed E-state index contributed by atoms with van der Waals surface area (Å²) < 4.78 is 24.6. The van der Waals surface area contributed by atoms with Gasteiger partial charge in [0.25, 0.3) is 0 Å². The van der Waals surface area contributed by atoms with Crippen molar-refractivity contribution < 1.29 is 28.5 Å². The van der Waals surface area contributed by atoms with Crippen LogP contribution in [0.5, 0.6) is 0 Å². The molecule has 2 N–H and O–H groups in total. The molecule has 12 atom stereocenters. The van der Waals surface area contributed by atoms with Gasteiger partial charge in [0.05, 0.1) is 75.8 Å². The first-order valence-corrected chi connectivity index (χ1v) is 14.8. The maximum Gasteiger partial charge on any atom is 0.223 e. The monoisotopic (exact) mass is 516 g/mol. The summed E-state index contributed by atoms with van der Waals surface area (Å²) in [5.41, 5.74) is -0.733. The molecular weight excluding hydrogens is 472 g/mol. The maximum absolute atomic E-state index is 13.5. The van der Waals surface area contributed by atoms with Gasteiger partial charge in [0.15, 0.2) is 0 Å². The van der Waals surface area contributed by atoms with Gasteiger partial charge in [0, 0.05) is 0 Å². The lowest BCUT2D eigenvalue weighted by molar-refractivity contribution is -0.137. The van der Waals surface area contributed by atoms with E-state index in [1.807, 2.05) is 0 Å². The number of hydrogen-bond acceptors (Lipinski definition) is 6. The molecule has 0 radical (unpaired) electrons. The predicted octanol–water partition coefficient (Wildman–Crippen LogP) is 2.01. The molecule has 37 heavy (non-hydrogen) atoms. The topological polar surface area (TPSA) is 95.1 Å². The fourth-order valence-corrected chi connectivity index (χ4v) is 10.6. The molecule has 11 unspecified atom stereocenters. The Balaban J connectivity index is 1.15. The van der Waals surface area contributed by atoms with Crippen LogP contribution in [0.3, 0.4) is 0 Å². The fourth-order valence-electron chi connectivity index (χ4n) is 10.6. The van der Waals surface area contributed by atoms with Crippen LogP contribution in [0.15, 0.2) is 0 Å². The smallest absolute Gasteiger partial charge is 0.223 e. The molecule has 0 aromatic heterocycles. The van der Waals surface area contributed by atoms with Gasteiger partial charge >= 0.3 is 0 Å². The molecule has 206 valence electrons. The summed E-state index contributed by atoms with van der Waals surface area (Å²) in [6.07, 6.45) is 2.15. The van der Waals surface area contributed by atoms with Gasteiger partial charge in [0.1, 0.15) is 0 Å². The average molecular weight is 517 g/mol. The molecule has 5 aliphatic carbocycles. The van der Waals surface area contributed by atoms with Crippen molar-refractivity contribution in [2.24, 2.45) is 59.2 Å². The summed E-state index contributed by atoms with van der Waals surface area (Å²) in [5, 5.41) is 6.59. The Bertz CT molecular complexity index is 881. The van der Waals surface area contributed by atoms with Crippen LogP contribution >= 0.6 is 0 Å². The summed E-state index contributed by atoms with van der Waals surface area (Å²) in [5.74, 6) is 5.35. The average Bonchev–Trinajstić information content (AvgIpc) is 3.47. The third kappa shape index (κ3) is 3.28. The molecule has 3 aliphatic heterocycles. The van der Waals surface area contributed by atoms with Gasteiger partial charge in [-0.3, -0.25) is 9.59 Å². The van der Waals surface area contributed by atoms with Gasteiger partial charge in [-0.05, 0) is 65.6 Å². The van der Waals surface area contributed by atoms with E-state index >= 15 is 0 Å². The normalized spacial score (nSPS) is 52.7. The third-order valence-corrected chi connectivity index (χ3v) is 11.7. The highest BCUT2D eigenvalue weighted by Gasteiger charge is 2.96. The van der Waals surface area contributed by atoms with Crippen molar-refractivity contribution in [3.8, 4) is 0 Å². The second kappa shape index (κ2) is 8.64. The first kappa shape index (κ1) is 24.8. The first-order chi connectivity index (χ1) is 17.8. The molecule has 8 rings (SSSR count). The zero-order valence-corrected chi connectivity index (χ0v) is 22.7. The molecule has 0 aromatic rings. The van der Waals surface area contributed by atoms with Crippen molar-refractivity contribution in [1.82, 2.24) is 10.6 Å². The number of ether oxygens (including phenoxy) is 4. The number of amides is 2. The van der Waals surface area contributed by atoms with E-state index in [4.69, 9.17) is 18.9 Å². The summed E-state index contributed by atoms with van der Waals surface area (Å²) in [4.78, 5) is 27.1. The third-order valence-electron chi connectivity index (χ3n) is 11.7. The van der Waals surface area contributed by atoms with Gasteiger partial charge in [-0.25, -0.2) is 0 Å². The Kier molecular flexibility index (Phi) is 5.79. The van der Waals surface area contributed by atoms with Crippen LogP contribution in [-0.4, -0.2) is 74.7 Å². The van der Waals surface area contributed by atoms with Crippen LogP contribution in [0.1, 0.15) is 47.0 Å². The van der Waals surface area contributed by atoms with Crippen LogP contribution in [0, 0.1) is 59.2 Å². The van der Waals surface area contributed by atoms with Crippen molar-refractivity contribution in [3.05, 3.63) is 0 Å². The highest BCUT2D eigenvalue weighted by Crippen LogP contribution is 2.93. The van der Waals surface area contributed by atoms with E-state index in [1.54, 1.807) is 0 Å². The Labute approximate surface area is 220 Å². The minimum atomic E-state index is -0.367. The van der Waals surface area contributed by atoms with E-state index in [2.05, 4.69) is 38.3 Å². The lowest BCUT2D eigenvalue weighted by Crippen LogP contribution is -2.54. The maximum atomic E-state index is 13.5. The Morgan fingerprint density at radius 3 is 1.54 bits per heavy atom. The van der Waals surface area contributed by atoms with E-state index in [-0.39, 0.29) is 46.9 Å². The molecule has 2 spiro atoms. The van der Waals surface area contributed by atoms with Crippen LogP contribution < -0.4 is 10.6 Å². The first-order valence-electron chi connectivity index (χ1n) is 14.8. The Hall–Kier alpha value is -1.22. The van der Waals surface area contributed by atoms with E-state index in [1.165, 1.54) is 6.42 Å². The molecule has 8 fully saturated rings. The molecule has 3 saturated heterocycles. The Morgan fingerprint density at radius 2 is 1.11 bits per heavy atom. The molecule has 4 bridgehead atoms.